The molecule has 0 bridgehead atoms. The molecular weight excluding hydrogens is 280 g/mol. The minimum absolute atomic E-state index is 0.305. The molecule has 4 atom stereocenters. The third kappa shape index (κ3) is 2.01. The molecule has 0 radical (unpaired) electrons. The van der Waals surface area contributed by atoms with E-state index < -0.39 is 0 Å². The largest absolute Gasteiger partial charge is 0.497 e. The lowest BCUT2D eigenvalue weighted by molar-refractivity contribution is 0.0606. The molecule has 1 saturated carbocycles. The standard InChI is InChI=1S/C22H26O/c1-4-16-7-11-21-20-9-6-15-14-17(23-3)8-10-18(15)19(20)12-13-22(16,21)5-2/h1,7-8,10,14,19-21H,5-6,9,11-13H2,2-3H3/t19?,20?,21?,22-/m1/s1. The minimum Gasteiger partial charge on any atom is -0.497 e. The Kier molecular flexibility index (Phi) is 3.52. The van der Waals surface area contributed by atoms with Gasteiger partial charge in [-0.1, -0.05) is 25.0 Å². The van der Waals surface area contributed by atoms with Crippen LogP contribution in [0.25, 0.3) is 0 Å². The van der Waals surface area contributed by atoms with Crippen molar-refractivity contribution in [1.82, 2.24) is 0 Å². The zero-order valence-corrected chi connectivity index (χ0v) is 14.3. The molecule has 3 unspecified atom stereocenters. The lowest BCUT2D eigenvalue weighted by Crippen LogP contribution is -2.42. The number of aryl methyl sites for hydroxylation is 1. The quantitative estimate of drug-likeness (QED) is 0.690. The molecule has 0 aromatic heterocycles. The summed E-state index contributed by atoms with van der Waals surface area (Å²) in [5.74, 6) is 6.30. The van der Waals surface area contributed by atoms with E-state index >= 15 is 0 Å². The fourth-order valence-electron chi connectivity index (χ4n) is 5.92. The summed E-state index contributed by atoms with van der Waals surface area (Å²) in [4.78, 5) is 0. The second-order valence-corrected chi connectivity index (χ2v) is 7.53. The molecule has 1 aromatic rings. The fraction of sp³-hybridized carbons (Fsp3) is 0.545. The van der Waals surface area contributed by atoms with E-state index in [1.54, 1.807) is 12.7 Å². The van der Waals surface area contributed by atoms with Gasteiger partial charge in [-0.05, 0) is 79.5 Å². The molecule has 4 rings (SSSR count). The topological polar surface area (TPSA) is 9.23 Å². The van der Waals surface area contributed by atoms with Gasteiger partial charge in [0.15, 0.2) is 0 Å². The molecule has 1 heteroatoms. The summed E-state index contributed by atoms with van der Waals surface area (Å²) in [6, 6.07) is 6.73. The Labute approximate surface area is 140 Å². The first kappa shape index (κ1) is 14.9. The van der Waals surface area contributed by atoms with Crippen LogP contribution in [0.2, 0.25) is 0 Å². The second-order valence-electron chi connectivity index (χ2n) is 7.53. The first-order valence-corrected chi connectivity index (χ1v) is 9.07. The highest BCUT2D eigenvalue weighted by molar-refractivity contribution is 5.44. The first-order valence-electron chi connectivity index (χ1n) is 9.07. The number of benzene rings is 1. The molecule has 3 aliphatic rings. The second kappa shape index (κ2) is 5.45. The van der Waals surface area contributed by atoms with E-state index in [1.165, 1.54) is 49.7 Å². The molecule has 1 aromatic carbocycles. The maximum absolute atomic E-state index is 5.85. The van der Waals surface area contributed by atoms with Gasteiger partial charge < -0.3 is 4.74 Å². The highest BCUT2D eigenvalue weighted by Crippen LogP contribution is 2.62. The van der Waals surface area contributed by atoms with Crippen LogP contribution in [0.4, 0.5) is 0 Å². The van der Waals surface area contributed by atoms with Gasteiger partial charge in [-0.3, -0.25) is 0 Å². The highest BCUT2D eigenvalue weighted by atomic mass is 16.5. The van der Waals surface area contributed by atoms with Gasteiger partial charge in [-0.2, -0.15) is 0 Å². The Balaban J connectivity index is 1.70. The van der Waals surface area contributed by atoms with Gasteiger partial charge in [0.1, 0.15) is 5.75 Å². The van der Waals surface area contributed by atoms with Gasteiger partial charge in [0, 0.05) is 11.0 Å². The molecule has 0 saturated heterocycles. The predicted molar refractivity (Wildman–Crippen MR) is 94.5 cm³/mol. The minimum atomic E-state index is 0.305. The van der Waals surface area contributed by atoms with E-state index in [9.17, 15) is 0 Å². The maximum atomic E-state index is 5.85. The number of hydrogen-bond donors (Lipinski definition) is 0. The van der Waals surface area contributed by atoms with Crippen molar-refractivity contribution in [2.75, 3.05) is 7.11 Å². The highest BCUT2D eigenvalue weighted by Gasteiger charge is 2.52. The van der Waals surface area contributed by atoms with Crippen LogP contribution in [0, 0.1) is 29.6 Å². The van der Waals surface area contributed by atoms with Crippen LogP contribution in [-0.4, -0.2) is 7.11 Å². The van der Waals surface area contributed by atoms with E-state index in [0.717, 1.165) is 23.5 Å². The van der Waals surface area contributed by atoms with Crippen molar-refractivity contribution in [2.24, 2.45) is 17.3 Å². The van der Waals surface area contributed by atoms with E-state index in [-0.39, 0.29) is 0 Å². The number of allylic oxidation sites excluding steroid dienone is 2. The van der Waals surface area contributed by atoms with Crippen molar-refractivity contribution in [1.29, 1.82) is 0 Å². The van der Waals surface area contributed by atoms with Crippen LogP contribution < -0.4 is 4.74 Å². The van der Waals surface area contributed by atoms with Crippen molar-refractivity contribution in [3.8, 4) is 18.1 Å². The third-order valence-corrected chi connectivity index (χ3v) is 7.04. The van der Waals surface area contributed by atoms with Gasteiger partial charge in [0.25, 0.3) is 0 Å². The molecule has 0 amide bonds. The Bertz CT molecular complexity index is 692. The molecule has 1 fully saturated rings. The number of ether oxygens (including phenoxy) is 1. The van der Waals surface area contributed by atoms with E-state index in [4.69, 9.17) is 11.2 Å². The molecule has 0 aliphatic heterocycles. The summed E-state index contributed by atoms with van der Waals surface area (Å²) < 4.78 is 5.42. The normalized spacial score (nSPS) is 34.7. The number of fused-ring (bicyclic) bond motifs is 5. The Hall–Kier alpha value is -1.68. The number of terminal acetylenes is 1. The summed E-state index contributed by atoms with van der Waals surface area (Å²) in [5.41, 5.74) is 4.71. The van der Waals surface area contributed by atoms with Gasteiger partial charge in [-0.15, -0.1) is 6.42 Å². The van der Waals surface area contributed by atoms with Crippen LogP contribution in [-0.2, 0) is 6.42 Å². The Morgan fingerprint density at radius 3 is 2.96 bits per heavy atom. The van der Waals surface area contributed by atoms with E-state index in [2.05, 4.69) is 37.1 Å². The van der Waals surface area contributed by atoms with Crippen LogP contribution in [0.15, 0.2) is 29.8 Å². The fourth-order valence-corrected chi connectivity index (χ4v) is 5.92. The number of methoxy groups -OCH3 is 1. The van der Waals surface area contributed by atoms with Crippen LogP contribution >= 0.6 is 0 Å². The lowest BCUT2D eigenvalue weighted by Gasteiger charge is -2.51. The zero-order chi connectivity index (χ0) is 16.0. The van der Waals surface area contributed by atoms with Gasteiger partial charge >= 0.3 is 0 Å². The zero-order valence-electron chi connectivity index (χ0n) is 14.3. The molecule has 120 valence electrons. The van der Waals surface area contributed by atoms with Crippen molar-refractivity contribution in [2.45, 2.75) is 51.4 Å². The van der Waals surface area contributed by atoms with Crippen molar-refractivity contribution in [3.05, 3.63) is 41.0 Å². The molecule has 23 heavy (non-hydrogen) atoms. The Morgan fingerprint density at radius 2 is 2.22 bits per heavy atom. The monoisotopic (exact) mass is 306 g/mol. The molecule has 3 aliphatic carbocycles. The average molecular weight is 306 g/mol. The van der Waals surface area contributed by atoms with Crippen molar-refractivity contribution >= 4 is 0 Å². The molecule has 0 N–H and O–H groups in total. The predicted octanol–water partition coefficient (Wildman–Crippen LogP) is 5.11. The van der Waals surface area contributed by atoms with Gasteiger partial charge in [0.05, 0.1) is 7.11 Å². The van der Waals surface area contributed by atoms with Crippen molar-refractivity contribution in [3.63, 3.8) is 0 Å². The number of rotatable bonds is 2. The van der Waals surface area contributed by atoms with Crippen LogP contribution in [0.3, 0.4) is 0 Å². The molecule has 0 spiro atoms. The molecular formula is C22H26O. The number of hydrogen-bond acceptors (Lipinski definition) is 1. The summed E-state index contributed by atoms with van der Waals surface area (Å²) in [6.07, 6.45) is 15.7. The first-order chi connectivity index (χ1) is 11.2. The molecule has 0 heterocycles. The summed E-state index contributed by atoms with van der Waals surface area (Å²) >= 11 is 0. The molecule has 1 nitrogen and oxygen atoms in total. The Morgan fingerprint density at radius 1 is 1.35 bits per heavy atom. The van der Waals surface area contributed by atoms with E-state index in [1.807, 2.05) is 0 Å². The summed E-state index contributed by atoms with van der Waals surface area (Å²) in [6.45, 7) is 2.34. The summed E-state index contributed by atoms with van der Waals surface area (Å²) in [5, 5.41) is 0. The maximum Gasteiger partial charge on any atom is 0.119 e. The van der Waals surface area contributed by atoms with Crippen LogP contribution in [0.1, 0.15) is 56.1 Å². The third-order valence-electron chi connectivity index (χ3n) is 7.04. The SMILES string of the molecule is C#CC1=CCC2C3CCc4cc(OC)ccc4C3CC[C@]12CC. The van der Waals surface area contributed by atoms with Crippen molar-refractivity contribution < 1.29 is 4.74 Å². The lowest BCUT2D eigenvalue weighted by atomic mass is 9.53. The smallest absolute Gasteiger partial charge is 0.119 e. The van der Waals surface area contributed by atoms with E-state index in [0.29, 0.717) is 5.41 Å². The van der Waals surface area contributed by atoms with Crippen LogP contribution in [0.5, 0.6) is 5.75 Å². The average Bonchev–Trinajstić information content (AvgIpc) is 2.99. The van der Waals surface area contributed by atoms with Gasteiger partial charge in [0.2, 0.25) is 0 Å². The summed E-state index contributed by atoms with van der Waals surface area (Å²) in [7, 11) is 1.76. The van der Waals surface area contributed by atoms with Gasteiger partial charge in [-0.25, -0.2) is 0 Å².